The second kappa shape index (κ2) is 7.60. The summed E-state index contributed by atoms with van der Waals surface area (Å²) in [5.41, 5.74) is 4.18. The number of aromatic nitrogens is 4. The van der Waals surface area contributed by atoms with E-state index in [1.54, 1.807) is 18.6 Å². The number of halogens is 2. The molecule has 0 saturated heterocycles. The third kappa shape index (κ3) is 3.69. The maximum absolute atomic E-state index is 14.4. The predicted molar refractivity (Wildman–Crippen MR) is 110 cm³/mol. The van der Waals surface area contributed by atoms with E-state index in [9.17, 15) is 4.39 Å². The van der Waals surface area contributed by atoms with Crippen LogP contribution in [-0.4, -0.2) is 20.1 Å². The number of hydrogen-bond acceptors (Lipinski definition) is 6. The molecule has 4 aromatic rings. The fraction of sp³-hybridized carbons (Fsp3) is 0.143. The number of nitrogens with zero attached hydrogens (tertiary/aromatic N) is 4. The van der Waals surface area contributed by atoms with Crippen molar-refractivity contribution in [1.29, 1.82) is 0 Å². The first kappa shape index (κ1) is 19.0. The molecule has 3 aromatic heterocycles. The zero-order valence-electron chi connectivity index (χ0n) is 16.0. The van der Waals surface area contributed by atoms with Crippen molar-refractivity contribution < 1.29 is 8.91 Å². The van der Waals surface area contributed by atoms with Gasteiger partial charge in [-0.2, -0.15) is 0 Å². The molecule has 4 rings (SSSR count). The van der Waals surface area contributed by atoms with Gasteiger partial charge in [-0.1, -0.05) is 16.8 Å². The van der Waals surface area contributed by atoms with Gasteiger partial charge >= 0.3 is 0 Å². The van der Waals surface area contributed by atoms with Gasteiger partial charge in [0.25, 0.3) is 0 Å². The topological polar surface area (TPSA) is 76.7 Å². The molecule has 0 fully saturated rings. The zero-order chi connectivity index (χ0) is 20.5. The van der Waals surface area contributed by atoms with Crippen LogP contribution in [0.3, 0.4) is 0 Å². The minimum absolute atomic E-state index is 0.217. The van der Waals surface area contributed by atoms with Crippen molar-refractivity contribution in [1.82, 2.24) is 20.1 Å². The Balaban J connectivity index is 1.90. The van der Waals surface area contributed by atoms with Crippen molar-refractivity contribution in [2.24, 2.45) is 0 Å². The Morgan fingerprint density at radius 2 is 1.90 bits per heavy atom. The molecule has 0 unspecified atom stereocenters. The fourth-order valence-electron chi connectivity index (χ4n) is 3.07. The molecule has 146 valence electrons. The van der Waals surface area contributed by atoms with Gasteiger partial charge in [0.1, 0.15) is 17.4 Å². The molecule has 6 nitrogen and oxygen atoms in total. The quantitative estimate of drug-likeness (QED) is 0.469. The van der Waals surface area contributed by atoms with Crippen LogP contribution in [0.4, 0.5) is 15.9 Å². The van der Waals surface area contributed by atoms with Gasteiger partial charge in [-0.05, 0) is 50.6 Å². The van der Waals surface area contributed by atoms with Crippen LogP contribution < -0.4 is 5.32 Å². The Morgan fingerprint density at radius 3 is 2.62 bits per heavy atom. The number of benzene rings is 1. The summed E-state index contributed by atoms with van der Waals surface area (Å²) in [6, 6.07) is 6.12. The van der Waals surface area contributed by atoms with Crippen LogP contribution in [0.1, 0.15) is 17.0 Å². The SMILES string of the molecule is Cc1cnccc1Nc1nc(-c2cc(Cl)ccc2F)ncc1-c1c(C)noc1C. The molecule has 0 atom stereocenters. The third-order valence-corrected chi connectivity index (χ3v) is 4.77. The lowest BCUT2D eigenvalue weighted by atomic mass is 10.1. The van der Waals surface area contributed by atoms with E-state index < -0.39 is 5.82 Å². The molecule has 0 radical (unpaired) electrons. The van der Waals surface area contributed by atoms with Crippen molar-refractivity contribution >= 4 is 23.1 Å². The van der Waals surface area contributed by atoms with Gasteiger partial charge in [0, 0.05) is 34.9 Å². The average molecular weight is 410 g/mol. The summed E-state index contributed by atoms with van der Waals surface area (Å²) < 4.78 is 19.7. The maximum atomic E-state index is 14.4. The van der Waals surface area contributed by atoms with Gasteiger partial charge < -0.3 is 9.84 Å². The molecule has 1 N–H and O–H groups in total. The smallest absolute Gasteiger partial charge is 0.164 e. The largest absolute Gasteiger partial charge is 0.361 e. The van der Waals surface area contributed by atoms with Crippen LogP contribution in [0.2, 0.25) is 5.02 Å². The monoisotopic (exact) mass is 409 g/mol. The predicted octanol–water partition coefficient (Wildman–Crippen LogP) is 5.65. The molecule has 0 amide bonds. The first-order valence-corrected chi connectivity index (χ1v) is 9.25. The van der Waals surface area contributed by atoms with Gasteiger partial charge in [0.2, 0.25) is 0 Å². The highest BCUT2D eigenvalue weighted by molar-refractivity contribution is 6.30. The number of anilines is 2. The normalized spacial score (nSPS) is 10.9. The molecule has 0 spiro atoms. The Morgan fingerprint density at radius 1 is 1.07 bits per heavy atom. The summed E-state index contributed by atoms with van der Waals surface area (Å²) >= 11 is 6.05. The Kier molecular flexibility index (Phi) is 4.98. The molecule has 3 heterocycles. The molecule has 8 heteroatoms. The number of aryl methyl sites for hydroxylation is 3. The number of pyridine rings is 1. The summed E-state index contributed by atoms with van der Waals surface area (Å²) in [6.07, 6.45) is 5.06. The summed E-state index contributed by atoms with van der Waals surface area (Å²) in [6.45, 7) is 5.60. The Hall–Kier alpha value is -3.32. The number of nitrogens with one attached hydrogen (secondary N) is 1. The molecule has 29 heavy (non-hydrogen) atoms. The molecule has 0 bridgehead atoms. The molecular formula is C21H17ClFN5O. The van der Waals surface area contributed by atoms with E-state index in [0.717, 1.165) is 16.8 Å². The highest BCUT2D eigenvalue weighted by Crippen LogP contribution is 2.35. The molecule has 0 aliphatic heterocycles. The minimum Gasteiger partial charge on any atom is -0.361 e. The fourth-order valence-corrected chi connectivity index (χ4v) is 3.24. The average Bonchev–Trinajstić information content (AvgIpc) is 3.04. The Labute approximate surface area is 171 Å². The van der Waals surface area contributed by atoms with E-state index >= 15 is 0 Å². The van der Waals surface area contributed by atoms with Gasteiger partial charge in [-0.15, -0.1) is 0 Å². The lowest BCUT2D eigenvalue weighted by Crippen LogP contribution is -2.03. The molecule has 0 aliphatic carbocycles. The highest BCUT2D eigenvalue weighted by Gasteiger charge is 2.20. The van der Waals surface area contributed by atoms with E-state index in [1.807, 2.05) is 26.8 Å². The third-order valence-electron chi connectivity index (χ3n) is 4.53. The van der Waals surface area contributed by atoms with Crippen molar-refractivity contribution in [3.8, 4) is 22.5 Å². The van der Waals surface area contributed by atoms with Crippen molar-refractivity contribution in [2.75, 3.05) is 5.32 Å². The van der Waals surface area contributed by atoms with E-state index in [1.165, 1.54) is 18.2 Å². The summed E-state index contributed by atoms with van der Waals surface area (Å²) in [5, 5.41) is 7.73. The zero-order valence-corrected chi connectivity index (χ0v) is 16.8. The van der Waals surface area contributed by atoms with Crippen LogP contribution in [0.5, 0.6) is 0 Å². The summed E-state index contributed by atoms with van der Waals surface area (Å²) in [4.78, 5) is 13.1. The maximum Gasteiger partial charge on any atom is 0.164 e. The van der Waals surface area contributed by atoms with Gasteiger partial charge in [0.15, 0.2) is 5.82 Å². The standard InChI is InChI=1S/C21H17ClFN5O/c1-11-9-24-7-6-18(11)26-21-16(19-12(2)28-29-13(19)3)10-25-20(27-21)15-8-14(22)4-5-17(15)23/h4-10H,1-3H3,(H,24,25,26,27). The summed E-state index contributed by atoms with van der Waals surface area (Å²) in [5.74, 6) is 0.903. The van der Waals surface area contributed by atoms with Crippen LogP contribution in [-0.2, 0) is 0 Å². The van der Waals surface area contributed by atoms with Crippen LogP contribution in [0.15, 0.2) is 47.4 Å². The van der Waals surface area contributed by atoms with Crippen LogP contribution in [0.25, 0.3) is 22.5 Å². The molecular weight excluding hydrogens is 393 g/mol. The summed E-state index contributed by atoms with van der Waals surface area (Å²) in [7, 11) is 0. The van der Waals surface area contributed by atoms with Crippen LogP contribution in [0, 0.1) is 26.6 Å². The van der Waals surface area contributed by atoms with Gasteiger partial charge in [0.05, 0.1) is 16.8 Å². The lowest BCUT2D eigenvalue weighted by molar-refractivity contribution is 0.393. The molecule has 1 aromatic carbocycles. The van der Waals surface area contributed by atoms with Crippen molar-refractivity contribution in [2.45, 2.75) is 20.8 Å². The van der Waals surface area contributed by atoms with Crippen molar-refractivity contribution in [3.05, 3.63) is 70.7 Å². The van der Waals surface area contributed by atoms with Gasteiger partial charge in [-0.3, -0.25) is 4.98 Å². The second-order valence-corrected chi connectivity index (χ2v) is 7.03. The Bertz CT molecular complexity index is 1190. The molecule has 0 saturated carbocycles. The first-order valence-electron chi connectivity index (χ1n) is 8.87. The first-order chi connectivity index (χ1) is 13.9. The van der Waals surface area contributed by atoms with E-state index in [4.69, 9.17) is 16.1 Å². The van der Waals surface area contributed by atoms with Crippen molar-refractivity contribution in [3.63, 3.8) is 0 Å². The second-order valence-electron chi connectivity index (χ2n) is 6.59. The lowest BCUT2D eigenvalue weighted by Gasteiger charge is -2.14. The minimum atomic E-state index is -0.453. The van der Waals surface area contributed by atoms with Gasteiger partial charge in [-0.25, -0.2) is 14.4 Å². The molecule has 0 aliphatic rings. The number of hydrogen-bond donors (Lipinski definition) is 1. The highest BCUT2D eigenvalue weighted by atomic mass is 35.5. The van der Waals surface area contributed by atoms with E-state index in [-0.39, 0.29) is 11.4 Å². The van der Waals surface area contributed by atoms with Crippen LogP contribution >= 0.6 is 11.6 Å². The van der Waals surface area contributed by atoms with E-state index in [2.05, 4.69) is 25.4 Å². The number of rotatable bonds is 4. The van der Waals surface area contributed by atoms with E-state index in [0.29, 0.717) is 27.9 Å².